The van der Waals surface area contributed by atoms with Gasteiger partial charge in [0.15, 0.2) is 0 Å². The summed E-state index contributed by atoms with van der Waals surface area (Å²) in [5.41, 5.74) is 0.849. The largest absolute Gasteiger partial charge is 0.352 e. The van der Waals surface area contributed by atoms with Crippen LogP contribution in [0.1, 0.15) is 18.9 Å². The topological polar surface area (TPSA) is 52.7 Å². The van der Waals surface area contributed by atoms with Gasteiger partial charge in [-0.1, -0.05) is 36.7 Å². The fraction of sp³-hybridized carbons (Fsp3) is 0.500. The zero-order valence-electron chi connectivity index (χ0n) is 12.8. The lowest BCUT2D eigenvalue weighted by molar-refractivity contribution is -0.137. The highest BCUT2D eigenvalue weighted by Crippen LogP contribution is 2.14. The number of amides is 2. The van der Waals surface area contributed by atoms with E-state index in [1.165, 1.54) is 0 Å². The van der Waals surface area contributed by atoms with Gasteiger partial charge in [0.1, 0.15) is 6.42 Å². The van der Waals surface area contributed by atoms with E-state index in [-0.39, 0.29) is 18.2 Å². The SMILES string of the molecule is CCN1CCN(C(=O)CC(=O)NCc2ccccc2Cl)CC1. The van der Waals surface area contributed by atoms with Gasteiger partial charge in [-0.15, -0.1) is 0 Å². The number of piperazine rings is 1. The summed E-state index contributed by atoms with van der Waals surface area (Å²) in [7, 11) is 0. The second-order valence-corrected chi connectivity index (χ2v) is 5.77. The third kappa shape index (κ3) is 4.71. The molecule has 0 spiro atoms. The summed E-state index contributed by atoms with van der Waals surface area (Å²) in [6, 6.07) is 7.34. The Morgan fingerprint density at radius 3 is 2.50 bits per heavy atom. The summed E-state index contributed by atoms with van der Waals surface area (Å²) in [5.74, 6) is -0.366. The number of likely N-dealkylation sites (N-methyl/N-ethyl adjacent to an activating group) is 1. The van der Waals surface area contributed by atoms with E-state index in [4.69, 9.17) is 11.6 Å². The zero-order valence-corrected chi connectivity index (χ0v) is 13.6. The minimum Gasteiger partial charge on any atom is -0.352 e. The van der Waals surface area contributed by atoms with E-state index in [1.807, 2.05) is 18.2 Å². The molecule has 1 aromatic rings. The lowest BCUT2D eigenvalue weighted by Gasteiger charge is -2.34. The van der Waals surface area contributed by atoms with Gasteiger partial charge in [-0.3, -0.25) is 9.59 Å². The maximum Gasteiger partial charge on any atom is 0.232 e. The first-order valence-corrected chi connectivity index (χ1v) is 7.98. The van der Waals surface area contributed by atoms with Crippen LogP contribution in [0.25, 0.3) is 0 Å². The van der Waals surface area contributed by atoms with Crippen LogP contribution >= 0.6 is 11.6 Å². The van der Waals surface area contributed by atoms with Crippen molar-refractivity contribution >= 4 is 23.4 Å². The number of nitrogens with one attached hydrogen (secondary N) is 1. The molecule has 1 heterocycles. The first-order valence-electron chi connectivity index (χ1n) is 7.60. The molecule has 0 aromatic heterocycles. The summed E-state index contributed by atoms with van der Waals surface area (Å²) in [6.07, 6.45) is -0.101. The summed E-state index contributed by atoms with van der Waals surface area (Å²) in [5, 5.41) is 3.36. The molecule has 1 aliphatic rings. The van der Waals surface area contributed by atoms with Crippen LogP contribution in [0.15, 0.2) is 24.3 Å². The van der Waals surface area contributed by atoms with Gasteiger partial charge in [0.2, 0.25) is 11.8 Å². The Balaban J connectivity index is 1.75. The average molecular weight is 324 g/mol. The molecule has 0 radical (unpaired) electrons. The van der Waals surface area contributed by atoms with Crippen molar-refractivity contribution < 1.29 is 9.59 Å². The molecule has 5 nitrogen and oxygen atoms in total. The van der Waals surface area contributed by atoms with E-state index in [2.05, 4.69) is 17.1 Å². The Morgan fingerprint density at radius 2 is 1.86 bits per heavy atom. The van der Waals surface area contributed by atoms with Gasteiger partial charge in [-0.2, -0.15) is 0 Å². The number of carbonyl (C=O) groups excluding carboxylic acids is 2. The summed E-state index contributed by atoms with van der Waals surface area (Å²) >= 11 is 6.03. The molecule has 2 rings (SSSR count). The molecule has 22 heavy (non-hydrogen) atoms. The number of hydrogen-bond donors (Lipinski definition) is 1. The third-order valence-electron chi connectivity index (χ3n) is 3.92. The van der Waals surface area contributed by atoms with Gasteiger partial charge in [-0.05, 0) is 18.2 Å². The molecule has 1 aliphatic heterocycles. The van der Waals surface area contributed by atoms with E-state index >= 15 is 0 Å². The monoisotopic (exact) mass is 323 g/mol. The van der Waals surface area contributed by atoms with Crippen molar-refractivity contribution in [3.8, 4) is 0 Å². The molecule has 6 heteroatoms. The molecule has 120 valence electrons. The van der Waals surface area contributed by atoms with E-state index in [1.54, 1.807) is 11.0 Å². The number of carbonyl (C=O) groups is 2. The molecule has 1 N–H and O–H groups in total. The quantitative estimate of drug-likeness (QED) is 0.836. The Morgan fingerprint density at radius 1 is 1.18 bits per heavy atom. The summed E-state index contributed by atoms with van der Waals surface area (Å²) in [6.45, 7) is 6.61. The van der Waals surface area contributed by atoms with Gasteiger partial charge < -0.3 is 15.1 Å². The Labute approximate surface area is 136 Å². The van der Waals surface area contributed by atoms with Gasteiger partial charge in [0.05, 0.1) is 0 Å². The van der Waals surface area contributed by atoms with Gasteiger partial charge in [-0.25, -0.2) is 0 Å². The predicted octanol–water partition coefficient (Wildman–Crippen LogP) is 1.51. The van der Waals surface area contributed by atoms with Gasteiger partial charge in [0, 0.05) is 37.7 Å². The third-order valence-corrected chi connectivity index (χ3v) is 4.29. The van der Waals surface area contributed by atoms with Crippen molar-refractivity contribution in [1.82, 2.24) is 15.1 Å². The number of halogens is 1. The van der Waals surface area contributed by atoms with E-state index < -0.39 is 0 Å². The molecule has 1 fully saturated rings. The number of benzene rings is 1. The second kappa shape index (κ2) is 8.15. The van der Waals surface area contributed by atoms with Crippen LogP contribution in [-0.2, 0) is 16.1 Å². The normalized spacial score (nSPS) is 15.6. The molecule has 1 aromatic carbocycles. The van der Waals surface area contributed by atoms with E-state index in [0.717, 1.165) is 25.2 Å². The van der Waals surface area contributed by atoms with Crippen LogP contribution in [0.3, 0.4) is 0 Å². The highest BCUT2D eigenvalue weighted by Gasteiger charge is 2.21. The van der Waals surface area contributed by atoms with Crippen molar-refractivity contribution in [3.63, 3.8) is 0 Å². The Kier molecular flexibility index (Phi) is 6.21. The van der Waals surface area contributed by atoms with Crippen molar-refractivity contribution in [3.05, 3.63) is 34.9 Å². The lowest BCUT2D eigenvalue weighted by atomic mass is 10.2. The van der Waals surface area contributed by atoms with Crippen LogP contribution in [-0.4, -0.2) is 54.3 Å². The molecule has 1 saturated heterocycles. The van der Waals surface area contributed by atoms with Crippen molar-refractivity contribution in [2.75, 3.05) is 32.7 Å². The Bertz CT molecular complexity index is 528. The number of rotatable bonds is 5. The van der Waals surface area contributed by atoms with Crippen molar-refractivity contribution in [2.45, 2.75) is 19.9 Å². The van der Waals surface area contributed by atoms with Crippen molar-refractivity contribution in [1.29, 1.82) is 0 Å². The first kappa shape index (κ1) is 16.8. The molecule has 0 saturated carbocycles. The highest BCUT2D eigenvalue weighted by atomic mass is 35.5. The standard InChI is InChI=1S/C16H22ClN3O2/c1-2-19-7-9-20(10-8-19)16(22)11-15(21)18-12-13-5-3-4-6-14(13)17/h3-6H,2,7-12H2,1H3,(H,18,21). The second-order valence-electron chi connectivity index (χ2n) is 5.36. The van der Waals surface area contributed by atoms with Crippen LogP contribution in [0.5, 0.6) is 0 Å². The maximum atomic E-state index is 12.1. The molecule has 0 aliphatic carbocycles. The molecular weight excluding hydrogens is 302 g/mol. The fourth-order valence-electron chi connectivity index (χ4n) is 2.46. The molecular formula is C16H22ClN3O2. The smallest absolute Gasteiger partial charge is 0.232 e. The molecule has 0 unspecified atom stereocenters. The summed E-state index contributed by atoms with van der Waals surface area (Å²) < 4.78 is 0. The summed E-state index contributed by atoms with van der Waals surface area (Å²) in [4.78, 5) is 28.0. The maximum absolute atomic E-state index is 12.1. The minimum atomic E-state index is -0.261. The number of nitrogens with zero attached hydrogens (tertiary/aromatic N) is 2. The Hall–Kier alpha value is -1.59. The molecule has 0 bridgehead atoms. The zero-order chi connectivity index (χ0) is 15.9. The van der Waals surface area contributed by atoms with E-state index in [9.17, 15) is 9.59 Å². The van der Waals surface area contributed by atoms with Crippen LogP contribution in [0, 0.1) is 0 Å². The van der Waals surface area contributed by atoms with Gasteiger partial charge in [0.25, 0.3) is 0 Å². The molecule has 2 amide bonds. The van der Waals surface area contributed by atoms with Crippen LogP contribution < -0.4 is 5.32 Å². The average Bonchev–Trinajstić information content (AvgIpc) is 2.54. The van der Waals surface area contributed by atoms with E-state index in [0.29, 0.717) is 24.7 Å². The van der Waals surface area contributed by atoms with Crippen molar-refractivity contribution in [2.24, 2.45) is 0 Å². The van der Waals surface area contributed by atoms with Gasteiger partial charge >= 0.3 is 0 Å². The fourth-order valence-corrected chi connectivity index (χ4v) is 2.66. The first-order chi connectivity index (χ1) is 10.6. The highest BCUT2D eigenvalue weighted by molar-refractivity contribution is 6.31. The number of hydrogen-bond acceptors (Lipinski definition) is 3. The van der Waals surface area contributed by atoms with Crippen LogP contribution in [0.4, 0.5) is 0 Å². The minimum absolute atomic E-state index is 0.101. The van der Waals surface area contributed by atoms with Crippen LogP contribution in [0.2, 0.25) is 5.02 Å². The molecule has 0 atom stereocenters. The predicted molar refractivity (Wildman–Crippen MR) is 86.6 cm³/mol. The lowest BCUT2D eigenvalue weighted by Crippen LogP contribution is -2.49.